The summed E-state index contributed by atoms with van der Waals surface area (Å²) in [4.78, 5) is 11.5. The Balaban J connectivity index is 2.30. The van der Waals surface area contributed by atoms with Crippen molar-refractivity contribution in [3.8, 4) is 5.75 Å². The van der Waals surface area contributed by atoms with Gasteiger partial charge in [-0.05, 0) is 50.2 Å². The Morgan fingerprint density at radius 2 is 1.78 bits per heavy atom. The van der Waals surface area contributed by atoms with Gasteiger partial charge in [-0.3, -0.25) is 4.79 Å². The zero-order valence-electron chi connectivity index (χ0n) is 11.7. The van der Waals surface area contributed by atoms with Crippen molar-refractivity contribution in [2.45, 2.75) is 38.9 Å². The van der Waals surface area contributed by atoms with Crippen molar-refractivity contribution < 1.29 is 14.0 Å². The normalized spacial score (nSPS) is 11.1. The first-order chi connectivity index (χ1) is 8.40. The Morgan fingerprint density at radius 3 is 2.28 bits per heavy atom. The summed E-state index contributed by atoms with van der Waals surface area (Å²) < 4.78 is 10.5. The van der Waals surface area contributed by atoms with Crippen molar-refractivity contribution in [1.82, 2.24) is 0 Å². The summed E-state index contributed by atoms with van der Waals surface area (Å²) >= 11 is 0. The van der Waals surface area contributed by atoms with Crippen molar-refractivity contribution in [3.63, 3.8) is 0 Å². The van der Waals surface area contributed by atoms with Crippen LogP contribution in [0.2, 0.25) is 19.6 Å². The van der Waals surface area contributed by atoms with Gasteiger partial charge in [0.2, 0.25) is 8.32 Å². The molecule has 0 aliphatic carbocycles. The number of methoxy groups -OCH3 is 1. The highest BCUT2D eigenvalue weighted by molar-refractivity contribution is 6.71. The second-order valence-electron chi connectivity index (χ2n) is 5.29. The van der Waals surface area contributed by atoms with Crippen LogP contribution in [0.1, 0.15) is 18.4 Å². The lowest BCUT2D eigenvalue weighted by molar-refractivity contribution is -0.135. The molecular weight excluding hydrogens is 244 g/mol. The molecule has 0 aliphatic heterocycles. The molecule has 18 heavy (non-hydrogen) atoms. The highest BCUT2D eigenvalue weighted by atomic mass is 28.4. The third-order valence-electron chi connectivity index (χ3n) is 2.43. The highest BCUT2D eigenvalue weighted by Crippen LogP contribution is 2.14. The molecule has 0 heterocycles. The molecule has 1 rings (SSSR count). The molecule has 0 radical (unpaired) electrons. The predicted octanol–water partition coefficient (Wildman–Crippen LogP) is 3.40. The van der Waals surface area contributed by atoms with Crippen LogP contribution in [0.3, 0.4) is 0 Å². The Morgan fingerprint density at radius 1 is 1.17 bits per heavy atom. The fraction of sp³-hybridized carbons (Fsp3) is 0.500. The Bertz CT molecular complexity index is 379. The van der Waals surface area contributed by atoms with Gasteiger partial charge < -0.3 is 9.16 Å². The molecule has 0 N–H and O–H groups in total. The number of carbonyl (C=O) groups is 1. The molecule has 1 aromatic carbocycles. The Kier molecular flexibility index (Phi) is 5.41. The number of hydrogen-bond acceptors (Lipinski definition) is 3. The van der Waals surface area contributed by atoms with Crippen LogP contribution in [0.15, 0.2) is 24.3 Å². The minimum absolute atomic E-state index is 0.0670. The summed E-state index contributed by atoms with van der Waals surface area (Å²) in [6.07, 6.45) is 2.22. The average molecular weight is 266 g/mol. The first-order valence-corrected chi connectivity index (χ1v) is 9.66. The van der Waals surface area contributed by atoms with Gasteiger partial charge in [-0.25, -0.2) is 0 Å². The smallest absolute Gasteiger partial charge is 0.292 e. The molecule has 0 spiro atoms. The second kappa shape index (κ2) is 6.59. The average Bonchev–Trinajstić information content (AvgIpc) is 2.27. The van der Waals surface area contributed by atoms with Gasteiger partial charge in [0, 0.05) is 6.42 Å². The van der Waals surface area contributed by atoms with Gasteiger partial charge in [0.1, 0.15) is 5.75 Å². The van der Waals surface area contributed by atoms with Crippen molar-refractivity contribution >= 4 is 14.3 Å². The lowest BCUT2D eigenvalue weighted by atomic mass is 10.1. The maximum atomic E-state index is 11.5. The van der Waals surface area contributed by atoms with Crippen LogP contribution in [0, 0.1) is 0 Å². The topological polar surface area (TPSA) is 35.5 Å². The second-order valence-corrected chi connectivity index (χ2v) is 9.72. The van der Waals surface area contributed by atoms with E-state index in [9.17, 15) is 4.79 Å². The van der Waals surface area contributed by atoms with Crippen LogP contribution in [0.25, 0.3) is 0 Å². The lowest BCUT2D eigenvalue weighted by Crippen LogP contribution is -2.29. The number of carbonyl (C=O) groups excluding carboxylic acids is 1. The molecule has 3 nitrogen and oxygen atoms in total. The molecule has 0 bridgehead atoms. The van der Waals surface area contributed by atoms with E-state index in [-0.39, 0.29) is 5.97 Å². The number of benzene rings is 1. The van der Waals surface area contributed by atoms with Gasteiger partial charge in [-0.15, -0.1) is 0 Å². The summed E-state index contributed by atoms with van der Waals surface area (Å²) in [6.45, 7) is 6.07. The Labute approximate surface area is 110 Å². The molecule has 0 aromatic heterocycles. The predicted molar refractivity (Wildman–Crippen MR) is 75.4 cm³/mol. The fourth-order valence-electron chi connectivity index (χ4n) is 1.62. The fourth-order valence-corrected chi connectivity index (χ4v) is 2.41. The van der Waals surface area contributed by atoms with Crippen LogP contribution < -0.4 is 4.74 Å². The third kappa shape index (κ3) is 5.86. The molecule has 0 aliphatic rings. The molecule has 0 saturated carbocycles. The summed E-state index contributed by atoms with van der Waals surface area (Å²) in [5, 5.41) is 0. The van der Waals surface area contributed by atoms with Crippen molar-refractivity contribution in [2.75, 3.05) is 7.11 Å². The SMILES string of the molecule is COc1ccc(CCCC(=O)O[Si](C)(C)C)cc1. The first kappa shape index (κ1) is 14.8. The Hall–Kier alpha value is -1.29. The van der Waals surface area contributed by atoms with Gasteiger partial charge in [0.05, 0.1) is 7.11 Å². The standard InChI is InChI=1S/C14H22O3Si/c1-16-13-10-8-12(9-11-13)6-5-7-14(15)17-18(2,3)4/h8-11H,5-7H2,1-4H3. The van der Waals surface area contributed by atoms with Gasteiger partial charge in [-0.1, -0.05) is 12.1 Å². The molecule has 0 saturated heterocycles. The van der Waals surface area contributed by atoms with E-state index in [4.69, 9.17) is 9.16 Å². The lowest BCUT2D eigenvalue weighted by Gasteiger charge is -2.17. The van der Waals surface area contributed by atoms with Gasteiger partial charge in [0.15, 0.2) is 0 Å². The number of aryl methyl sites for hydroxylation is 1. The largest absolute Gasteiger partial charge is 0.520 e. The van der Waals surface area contributed by atoms with E-state index in [0.717, 1.165) is 18.6 Å². The quantitative estimate of drug-likeness (QED) is 0.740. The molecule has 0 atom stereocenters. The summed E-state index contributed by atoms with van der Waals surface area (Å²) in [6, 6.07) is 7.94. The molecular formula is C14H22O3Si. The first-order valence-electron chi connectivity index (χ1n) is 6.25. The van der Waals surface area contributed by atoms with E-state index in [1.807, 2.05) is 43.9 Å². The molecule has 0 unspecified atom stereocenters. The van der Waals surface area contributed by atoms with Crippen LogP contribution in [-0.2, 0) is 15.6 Å². The molecule has 4 heteroatoms. The minimum Gasteiger partial charge on any atom is -0.520 e. The van der Waals surface area contributed by atoms with Crippen molar-refractivity contribution in [1.29, 1.82) is 0 Å². The molecule has 1 aromatic rings. The van der Waals surface area contributed by atoms with E-state index >= 15 is 0 Å². The van der Waals surface area contributed by atoms with Gasteiger partial charge in [-0.2, -0.15) is 0 Å². The van der Waals surface area contributed by atoms with Crippen molar-refractivity contribution in [2.24, 2.45) is 0 Å². The van der Waals surface area contributed by atoms with Crippen molar-refractivity contribution in [3.05, 3.63) is 29.8 Å². The maximum absolute atomic E-state index is 11.5. The zero-order valence-corrected chi connectivity index (χ0v) is 12.7. The number of rotatable bonds is 6. The summed E-state index contributed by atoms with van der Waals surface area (Å²) in [7, 11) is -0.0739. The number of ether oxygens (including phenoxy) is 1. The third-order valence-corrected chi connectivity index (χ3v) is 3.27. The molecule has 100 valence electrons. The maximum Gasteiger partial charge on any atom is 0.292 e. The van der Waals surface area contributed by atoms with E-state index in [0.29, 0.717) is 6.42 Å². The van der Waals surface area contributed by atoms with E-state index in [2.05, 4.69) is 0 Å². The summed E-state index contributed by atoms with van der Waals surface area (Å²) in [5.41, 5.74) is 1.22. The van der Waals surface area contributed by atoms with Gasteiger partial charge in [0.25, 0.3) is 5.97 Å². The van der Waals surface area contributed by atoms with Crippen LogP contribution in [0.5, 0.6) is 5.75 Å². The number of hydrogen-bond donors (Lipinski definition) is 0. The van der Waals surface area contributed by atoms with E-state index in [1.54, 1.807) is 7.11 Å². The van der Waals surface area contributed by atoms with Crippen LogP contribution in [0.4, 0.5) is 0 Å². The van der Waals surface area contributed by atoms with Crippen LogP contribution >= 0.6 is 0 Å². The molecule has 0 amide bonds. The minimum atomic E-state index is -1.73. The molecule has 0 fully saturated rings. The van der Waals surface area contributed by atoms with E-state index < -0.39 is 8.32 Å². The summed E-state index contributed by atoms with van der Waals surface area (Å²) in [5.74, 6) is 0.791. The monoisotopic (exact) mass is 266 g/mol. The highest BCUT2D eigenvalue weighted by Gasteiger charge is 2.19. The van der Waals surface area contributed by atoms with Gasteiger partial charge >= 0.3 is 0 Å². The zero-order chi connectivity index (χ0) is 13.6. The van der Waals surface area contributed by atoms with E-state index in [1.165, 1.54) is 5.56 Å². The van der Waals surface area contributed by atoms with Crippen LogP contribution in [-0.4, -0.2) is 21.4 Å².